The van der Waals surface area contributed by atoms with E-state index in [0.29, 0.717) is 5.56 Å². The van der Waals surface area contributed by atoms with Crippen LogP contribution in [0.5, 0.6) is 10.9 Å². The Hall–Kier alpha value is -1.66. The van der Waals surface area contributed by atoms with Gasteiger partial charge in [0.2, 0.25) is 0 Å². The summed E-state index contributed by atoms with van der Waals surface area (Å²) in [6.45, 7) is 1.62. The molecule has 0 unspecified atom stereocenters. The summed E-state index contributed by atoms with van der Waals surface area (Å²) in [6, 6.07) is 4.75. The van der Waals surface area contributed by atoms with E-state index in [1.807, 2.05) is 0 Å². The fourth-order valence-electron chi connectivity index (χ4n) is 1.34. The van der Waals surface area contributed by atoms with E-state index in [0.717, 1.165) is 11.3 Å². The zero-order valence-electron chi connectivity index (χ0n) is 10.1. The van der Waals surface area contributed by atoms with E-state index in [-0.39, 0.29) is 21.0 Å². The number of benzene rings is 1. The van der Waals surface area contributed by atoms with Crippen molar-refractivity contribution < 1.29 is 18.7 Å². The summed E-state index contributed by atoms with van der Waals surface area (Å²) in [5.74, 6) is -1.06. The first-order valence-electron chi connectivity index (χ1n) is 5.20. The van der Waals surface area contributed by atoms with Gasteiger partial charge in [-0.1, -0.05) is 35.1 Å². The van der Waals surface area contributed by atoms with Gasteiger partial charge in [-0.25, -0.2) is 9.18 Å². The number of methoxy groups -OCH3 is 1. The van der Waals surface area contributed by atoms with Crippen LogP contribution in [0.25, 0.3) is 0 Å². The maximum Gasteiger partial charge on any atom is 0.351 e. The lowest BCUT2D eigenvalue weighted by Crippen LogP contribution is -1.98. The van der Waals surface area contributed by atoms with Gasteiger partial charge in [-0.3, -0.25) is 0 Å². The summed E-state index contributed by atoms with van der Waals surface area (Å²) in [5, 5.41) is 0.0508. The second-order valence-corrected chi connectivity index (χ2v) is 4.90. The zero-order chi connectivity index (χ0) is 14.0. The first kappa shape index (κ1) is 13.8. The fourth-order valence-corrected chi connectivity index (χ4v) is 2.40. The van der Waals surface area contributed by atoms with Crippen LogP contribution in [0.4, 0.5) is 4.39 Å². The highest BCUT2D eigenvalue weighted by molar-refractivity contribution is 7.15. The maximum absolute atomic E-state index is 13.7. The molecule has 1 heterocycles. The smallest absolute Gasteiger partial charge is 0.351 e. The standard InChI is InChI=1S/C12H9ClFNO3S/c1-6-4-3-5-7(8(6)14)18-12-15-10(13)9(19-12)11(16)17-2/h3-5H,1-2H3. The van der Waals surface area contributed by atoms with E-state index in [1.165, 1.54) is 13.2 Å². The van der Waals surface area contributed by atoms with Gasteiger partial charge >= 0.3 is 5.97 Å². The van der Waals surface area contributed by atoms with Crippen molar-refractivity contribution >= 4 is 28.9 Å². The topological polar surface area (TPSA) is 48.4 Å². The number of hydrogen-bond acceptors (Lipinski definition) is 5. The molecule has 7 heteroatoms. The molecule has 0 N–H and O–H groups in total. The Labute approximate surface area is 117 Å². The predicted octanol–water partition coefficient (Wildman–Crippen LogP) is 3.82. The number of aromatic nitrogens is 1. The minimum absolute atomic E-state index is 0.0279. The second kappa shape index (κ2) is 5.54. The SMILES string of the molecule is COC(=O)c1sc(Oc2cccc(C)c2F)nc1Cl. The number of carbonyl (C=O) groups excluding carboxylic acids is 1. The van der Waals surface area contributed by atoms with E-state index >= 15 is 0 Å². The van der Waals surface area contributed by atoms with Crippen molar-refractivity contribution in [1.82, 2.24) is 4.98 Å². The molecule has 0 bridgehead atoms. The minimum Gasteiger partial charge on any atom is -0.465 e. The lowest BCUT2D eigenvalue weighted by Gasteiger charge is -2.04. The zero-order valence-corrected chi connectivity index (χ0v) is 11.6. The predicted molar refractivity (Wildman–Crippen MR) is 69.7 cm³/mol. The van der Waals surface area contributed by atoms with Crippen molar-refractivity contribution in [2.75, 3.05) is 7.11 Å². The molecule has 4 nitrogen and oxygen atoms in total. The fraction of sp³-hybridized carbons (Fsp3) is 0.167. The van der Waals surface area contributed by atoms with Crippen molar-refractivity contribution in [3.63, 3.8) is 0 Å². The van der Waals surface area contributed by atoms with Crippen LogP contribution in [0.1, 0.15) is 15.2 Å². The first-order chi connectivity index (χ1) is 9.02. The summed E-state index contributed by atoms with van der Waals surface area (Å²) in [5.41, 5.74) is 0.452. The van der Waals surface area contributed by atoms with Gasteiger partial charge in [0.15, 0.2) is 21.6 Å². The van der Waals surface area contributed by atoms with Crippen LogP contribution >= 0.6 is 22.9 Å². The molecule has 0 aliphatic rings. The molecule has 19 heavy (non-hydrogen) atoms. The van der Waals surface area contributed by atoms with Crippen LogP contribution in [0, 0.1) is 12.7 Å². The third-order valence-corrected chi connectivity index (χ3v) is 3.59. The second-order valence-electron chi connectivity index (χ2n) is 3.58. The number of carbonyl (C=O) groups is 1. The van der Waals surface area contributed by atoms with Gasteiger partial charge in [-0.15, -0.1) is 0 Å². The number of aryl methyl sites for hydroxylation is 1. The summed E-state index contributed by atoms with van der Waals surface area (Å²) in [7, 11) is 1.24. The quantitative estimate of drug-likeness (QED) is 0.809. The normalized spacial score (nSPS) is 10.3. The molecule has 2 aromatic rings. The van der Waals surface area contributed by atoms with Crippen LogP contribution in [-0.4, -0.2) is 18.1 Å². The highest BCUT2D eigenvalue weighted by atomic mass is 35.5. The lowest BCUT2D eigenvalue weighted by molar-refractivity contribution is 0.0606. The summed E-state index contributed by atoms with van der Waals surface area (Å²) < 4.78 is 23.6. The van der Waals surface area contributed by atoms with Gasteiger partial charge in [0.1, 0.15) is 0 Å². The number of rotatable bonds is 3. The molecule has 0 aliphatic carbocycles. The monoisotopic (exact) mass is 301 g/mol. The summed E-state index contributed by atoms with van der Waals surface area (Å²) in [6.07, 6.45) is 0. The molecule has 0 atom stereocenters. The first-order valence-corrected chi connectivity index (χ1v) is 6.40. The van der Waals surface area contributed by atoms with Gasteiger partial charge in [-0.2, -0.15) is 4.98 Å². The van der Waals surface area contributed by atoms with Crippen LogP contribution in [0.15, 0.2) is 18.2 Å². The molecule has 0 radical (unpaired) electrons. The van der Waals surface area contributed by atoms with Crippen molar-refractivity contribution in [3.8, 4) is 10.9 Å². The molecule has 1 aromatic heterocycles. The van der Waals surface area contributed by atoms with Crippen molar-refractivity contribution in [2.24, 2.45) is 0 Å². The number of nitrogens with zero attached hydrogens (tertiary/aromatic N) is 1. The highest BCUT2D eigenvalue weighted by Crippen LogP contribution is 2.33. The number of hydrogen-bond donors (Lipinski definition) is 0. The lowest BCUT2D eigenvalue weighted by atomic mass is 10.2. The average Bonchev–Trinajstić information content (AvgIpc) is 2.75. The van der Waals surface area contributed by atoms with E-state index in [4.69, 9.17) is 16.3 Å². The Kier molecular flexibility index (Phi) is 4.01. The van der Waals surface area contributed by atoms with Crippen LogP contribution in [-0.2, 0) is 4.74 Å². The molecular formula is C12H9ClFNO3S. The molecular weight excluding hydrogens is 293 g/mol. The Balaban J connectivity index is 2.29. The summed E-state index contributed by atoms with van der Waals surface area (Å²) >= 11 is 6.68. The van der Waals surface area contributed by atoms with E-state index < -0.39 is 11.8 Å². The number of thiazole rings is 1. The van der Waals surface area contributed by atoms with Crippen LogP contribution < -0.4 is 4.74 Å². The van der Waals surface area contributed by atoms with Crippen LogP contribution in [0.2, 0.25) is 5.15 Å². The van der Waals surface area contributed by atoms with E-state index in [9.17, 15) is 9.18 Å². The summed E-state index contributed by atoms with van der Waals surface area (Å²) in [4.78, 5) is 15.3. The van der Waals surface area contributed by atoms with Gasteiger partial charge in [-0.05, 0) is 18.6 Å². The number of esters is 1. The van der Waals surface area contributed by atoms with Gasteiger partial charge in [0.05, 0.1) is 7.11 Å². The number of halogens is 2. The Bertz CT molecular complexity index is 629. The third-order valence-electron chi connectivity index (χ3n) is 2.29. The molecule has 0 saturated carbocycles. The third kappa shape index (κ3) is 2.85. The van der Waals surface area contributed by atoms with Crippen molar-refractivity contribution in [2.45, 2.75) is 6.92 Å². The molecule has 0 saturated heterocycles. The van der Waals surface area contributed by atoms with Crippen LogP contribution in [0.3, 0.4) is 0 Å². The molecule has 0 spiro atoms. The Morgan fingerprint density at radius 1 is 1.47 bits per heavy atom. The molecule has 1 aromatic carbocycles. The Morgan fingerprint density at radius 2 is 2.21 bits per heavy atom. The van der Waals surface area contributed by atoms with Crippen molar-refractivity contribution in [1.29, 1.82) is 0 Å². The molecule has 0 amide bonds. The van der Waals surface area contributed by atoms with Gasteiger partial charge in [0, 0.05) is 0 Å². The van der Waals surface area contributed by atoms with E-state index in [1.54, 1.807) is 19.1 Å². The Morgan fingerprint density at radius 3 is 2.89 bits per heavy atom. The molecule has 0 fully saturated rings. The highest BCUT2D eigenvalue weighted by Gasteiger charge is 2.19. The molecule has 100 valence electrons. The number of ether oxygens (including phenoxy) is 2. The maximum atomic E-state index is 13.7. The van der Waals surface area contributed by atoms with E-state index in [2.05, 4.69) is 9.72 Å². The van der Waals surface area contributed by atoms with Gasteiger partial charge in [0.25, 0.3) is 5.19 Å². The minimum atomic E-state index is -0.609. The largest absolute Gasteiger partial charge is 0.465 e. The van der Waals surface area contributed by atoms with Gasteiger partial charge < -0.3 is 9.47 Å². The molecule has 2 rings (SSSR count). The molecule has 0 aliphatic heterocycles. The van der Waals surface area contributed by atoms with Crippen molar-refractivity contribution in [3.05, 3.63) is 39.6 Å². The average molecular weight is 302 g/mol.